The zero-order valence-corrected chi connectivity index (χ0v) is 10.4. The van der Waals surface area contributed by atoms with Crippen LogP contribution in [0.25, 0.3) is 11.3 Å². The normalized spacial score (nSPS) is 13.1. The van der Waals surface area contributed by atoms with Crippen LogP contribution >= 0.6 is 0 Å². The van der Waals surface area contributed by atoms with Gasteiger partial charge in [-0.3, -0.25) is 9.67 Å². The van der Waals surface area contributed by atoms with E-state index in [0.717, 1.165) is 35.6 Å². The Balaban J connectivity index is 1.71. The lowest BCUT2D eigenvalue weighted by atomic mass is 9.97. The molecule has 0 saturated heterocycles. The lowest BCUT2D eigenvalue weighted by Crippen LogP contribution is -2.02. The van der Waals surface area contributed by atoms with Gasteiger partial charge in [-0.25, -0.2) is 0 Å². The molecule has 0 aromatic carbocycles. The Bertz CT molecular complexity index is 712. The molecule has 94 valence electrons. The average molecular weight is 251 g/mol. The highest BCUT2D eigenvalue weighted by molar-refractivity contribution is 5.67. The first-order valence-corrected chi connectivity index (χ1v) is 6.43. The summed E-state index contributed by atoms with van der Waals surface area (Å²) >= 11 is 0. The maximum absolute atomic E-state index is 5.48. The molecule has 1 aliphatic rings. The van der Waals surface area contributed by atoms with Gasteiger partial charge in [-0.1, -0.05) is 6.07 Å². The average Bonchev–Trinajstić information content (AvgIpc) is 3.04. The quantitative estimate of drug-likeness (QED) is 0.703. The van der Waals surface area contributed by atoms with E-state index in [1.807, 2.05) is 35.1 Å². The third-order valence-corrected chi connectivity index (χ3v) is 3.51. The van der Waals surface area contributed by atoms with Crippen LogP contribution in [-0.4, -0.2) is 14.8 Å². The van der Waals surface area contributed by atoms with Crippen molar-refractivity contribution in [1.82, 2.24) is 14.8 Å². The van der Waals surface area contributed by atoms with Crippen molar-refractivity contribution >= 4 is 0 Å². The molecule has 4 rings (SSSR count). The topological polar surface area (TPSA) is 43.9 Å². The lowest BCUT2D eigenvalue weighted by Gasteiger charge is -2.07. The predicted molar refractivity (Wildman–Crippen MR) is 70.7 cm³/mol. The zero-order chi connectivity index (χ0) is 12.7. The first kappa shape index (κ1) is 10.6. The van der Waals surface area contributed by atoms with Crippen LogP contribution in [0.5, 0.6) is 0 Å². The second-order valence-electron chi connectivity index (χ2n) is 4.78. The number of nitrogens with zero attached hydrogens (tertiary/aromatic N) is 3. The van der Waals surface area contributed by atoms with Gasteiger partial charge in [0.05, 0.1) is 24.2 Å². The van der Waals surface area contributed by atoms with E-state index < -0.39 is 0 Å². The molecule has 3 heterocycles. The summed E-state index contributed by atoms with van der Waals surface area (Å²) < 4.78 is 7.45. The van der Waals surface area contributed by atoms with E-state index in [0.29, 0.717) is 6.54 Å². The van der Waals surface area contributed by atoms with Crippen LogP contribution in [0, 0.1) is 0 Å². The largest absolute Gasteiger partial charge is 0.469 e. The first-order valence-electron chi connectivity index (χ1n) is 6.43. The standard InChI is InChI=1S/C15H13N3O/c1-2-7-16-12(3-1)10-18-9-11-4-5-14-13(6-8-19-14)15(11)17-18/h1-3,6-9H,4-5,10H2. The van der Waals surface area contributed by atoms with Crippen LogP contribution < -0.4 is 0 Å². The molecule has 0 bridgehead atoms. The van der Waals surface area contributed by atoms with Crippen LogP contribution in [0.1, 0.15) is 17.0 Å². The van der Waals surface area contributed by atoms with Crippen LogP contribution in [0.15, 0.2) is 47.3 Å². The fraction of sp³-hybridized carbons (Fsp3) is 0.200. The van der Waals surface area contributed by atoms with Crippen LogP contribution in [0.3, 0.4) is 0 Å². The highest BCUT2D eigenvalue weighted by Crippen LogP contribution is 2.32. The maximum atomic E-state index is 5.48. The van der Waals surface area contributed by atoms with E-state index >= 15 is 0 Å². The fourth-order valence-electron chi connectivity index (χ4n) is 2.60. The number of furan rings is 1. The molecule has 4 heteroatoms. The number of rotatable bonds is 2. The summed E-state index contributed by atoms with van der Waals surface area (Å²) in [5.41, 5.74) is 4.52. The van der Waals surface area contributed by atoms with Crippen molar-refractivity contribution in [3.8, 4) is 11.3 Å². The van der Waals surface area contributed by atoms with Crippen LogP contribution in [0.4, 0.5) is 0 Å². The Morgan fingerprint density at radius 2 is 2.21 bits per heavy atom. The molecule has 1 aliphatic carbocycles. The first-order chi connectivity index (χ1) is 9.40. The summed E-state index contributed by atoms with van der Waals surface area (Å²) in [5, 5.41) is 4.68. The Kier molecular flexibility index (Phi) is 2.27. The molecule has 0 atom stereocenters. The predicted octanol–water partition coefficient (Wildman–Crippen LogP) is 2.69. The van der Waals surface area contributed by atoms with Crippen LogP contribution in [0.2, 0.25) is 0 Å². The van der Waals surface area contributed by atoms with Crippen molar-refractivity contribution < 1.29 is 4.42 Å². The molecule has 4 nitrogen and oxygen atoms in total. The molecule has 3 aromatic heterocycles. The van der Waals surface area contributed by atoms with Crippen molar-refractivity contribution in [3.05, 3.63) is 59.9 Å². The lowest BCUT2D eigenvalue weighted by molar-refractivity contribution is 0.507. The third kappa shape index (κ3) is 1.76. The number of hydrogen-bond donors (Lipinski definition) is 0. The number of fused-ring (bicyclic) bond motifs is 3. The van der Waals surface area contributed by atoms with Crippen molar-refractivity contribution in [1.29, 1.82) is 0 Å². The van der Waals surface area contributed by atoms with Gasteiger partial charge in [-0.2, -0.15) is 5.10 Å². The smallest absolute Gasteiger partial charge is 0.113 e. The van der Waals surface area contributed by atoms with Crippen molar-refractivity contribution in [2.24, 2.45) is 0 Å². The minimum Gasteiger partial charge on any atom is -0.469 e. The third-order valence-electron chi connectivity index (χ3n) is 3.51. The Morgan fingerprint density at radius 1 is 1.21 bits per heavy atom. The van der Waals surface area contributed by atoms with Gasteiger partial charge in [-0.05, 0) is 30.2 Å². The van der Waals surface area contributed by atoms with Gasteiger partial charge in [0.1, 0.15) is 5.76 Å². The fourth-order valence-corrected chi connectivity index (χ4v) is 2.60. The van der Waals surface area contributed by atoms with Gasteiger partial charge in [-0.15, -0.1) is 0 Å². The highest BCUT2D eigenvalue weighted by Gasteiger charge is 2.21. The van der Waals surface area contributed by atoms with Gasteiger partial charge in [0.2, 0.25) is 0 Å². The monoisotopic (exact) mass is 251 g/mol. The van der Waals surface area contributed by atoms with Crippen molar-refractivity contribution in [2.45, 2.75) is 19.4 Å². The van der Waals surface area contributed by atoms with E-state index in [1.54, 1.807) is 6.26 Å². The maximum Gasteiger partial charge on any atom is 0.113 e. The molecular formula is C15H13N3O. The summed E-state index contributed by atoms with van der Waals surface area (Å²) in [5.74, 6) is 1.05. The molecule has 0 radical (unpaired) electrons. The Labute approximate surface area is 110 Å². The second-order valence-corrected chi connectivity index (χ2v) is 4.78. The van der Waals surface area contributed by atoms with Crippen molar-refractivity contribution in [2.75, 3.05) is 0 Å². The van der Waals surface area contributed by atoms with Gasteiger partial charge >= 0.3 is 0 Å². The molecule has 0 spiro atoms. The van der Waals surface area contributed by atoms with E-state index in [4.69, 9.17) is 4.42 Å². The molecular weight excluding hydrogens is 238 g/mol. The van der Waals surface area contributed by atoms with E-state index in [1.165, 1.54) is 5.56 Å². The van der Waals surface area contributed by atoms with Crippen LogP contribution in [-0.2, 0) is 19.4 Å². The molecule has 19 heavy (non-hydrogen) atoms. The van der Waals surface area contributed by atoms with Gasteiger partial charge in [0.15, 0.2) is 0 Å². The minimum atomic E-state index is 0.709. The summed E-state index contributed by atoms with van der Waals surface area (Å²) in [6, 6.07) is 7.95. The highest BCUT2D eigenvalue weighted by atomic mass is 16.3. The Hall–Kier alpha value is -2.36. The zero-order valence-electron chi connectivity index (χ0n) is 10.4. The minimum absolute atomic E-state index is 0.709. The molecule has 0 fully saturated rings. The molecule has 0 N–H and O–H groups in total. The number of hydrogen-bond acceptors (Lipinski definition) is 3. The van der Waals surface area contributed by atoms with Gasteiger partial charge in [0.25, 0.3) is 0 Å². The molecule has 0 unspecified atom stereocenters. The summed E-state index contributed by atoms with van der Waals surface area (Å²) in [4.78, 5) is 4.34. The van der Waals surface area contributed by atoms with E-state index in [-0.39, 0.29) is 0 Å². The van der Waals surface area contributed by atoms with E-state index in [2.05, 4.69) is 16.3 Å². The number of pyridine rings is 1. The number of aryl methyl sites for hydroxylation is 2. The molecule has 3 aromatic rings. The SMILES string of the molecule is c1ccc(Cn2cc3c(n2)-c2ccoc2CC3)nc1. The molecule has 0 saturated carbocycles. The summed E-state index contributed by atoms with van der Waals surface area (Å²) in [7, 11) is 0. The van der Waals surface area contributed by atoms with Gasteiger partial charge in [0, 0.05) is 24.4 Å². The number of aromatic nitrogens is 3. The van der Waals surface area contributed by atoms with E-state index in [9.17, 15) is 0 Å². The second kappa shape index (κ2) is 4.09. The summed E-state index contributed by atoms with van der Waals surface area (Å²) in [6.45, 7) is 0.709. The Morgan fingerprint density at radius 3 is 3.11 bits per heavy atom. The molecule has 0 amide bonds. The van der Waals surface area contributed by atoms with Gasteiger partial charge < -0.3 is 4.42 Å². The summed E-state index contributed by atoms with van der Waals surface area (Å²) in [6.07, 6.45) is 7.65. The van der Waals surface area contributed by atoms with Crippen molar-refractivity contribution in [3.63, 3.8) is 0 Å². The molecule has 0 aliphatic heterocycles.